The van der Waals surface area contributed by atoms with Crippen molar-refractivity contribution in [3.05, 3.63) is 36.0 Å². The van der Waals surface area contributed by atoms with E-state index in [9.17, 15) is 23.8 Å². The summed E-state index contributed by atoms with van der Waals surface area (Å²) in [6, 6.07) is 3.32. The van der Waals surface area contributed by atoms with Crippen molar-refractivity contribution in [2.45, 2.75) is 75.7 Å². The molecule has 2 aliphatic carbocycles. The summed E-state index contributed by atoms with van der Waals surface area (Å²) < 4.78 is 30.0. The van der Waals surface area contributed by atoms with Gasteiger partial charge in [-0.15, -0.1) is 0 Å². The second kappa shape index (κ2) is 12.4. The molecule has 2 aromatic heterocycles. The minimum Gasteiger partial charge on any atom is -0.394 e. The van der Waals surface area contributed by atoms with Crippen molar-refractivity contribution in [1.82, 2.24) is 24.8 Å². The lowest BCUT2D eigenvalue weighted by Crippen LogP contribution is -2.39. The van der Waals surface area contributed by atoms with E-state index in [4.69, 9.17) is 10.1 Å². The third-order valence-corrected chi connectivity index (χ3v) is 7.80. The Morgan fingerprint density at radius 2 is 1.82 bits per heavy atom. The third kappa shape index (κ3) is 6.48. The molecular formula is C27H35F2N7O4. The van der Waals surface area contributed by atoms with Gasteiger partial charge in [-0.25, -0.2) is 18.7 Å². The molecule has 216 valence electrons. The minimum absolute atomic E-state index is 0.00856. The topological polar surface area (TPSA) is 157 Å². The molecule has 2 aliphatic rings. The summed E-state index contributed by atoms with van der Waals surface area (Å²) >= 11 is 0. The number of aliphatic hydroxyl groups excluding tert-OH is 3. The molecule has 0 aliphatic heterocycles. The number of imidazole rings is 1. The van der Waals surface area contributed by atoms with Gasteiger partial charge in [0.2, 0.25) is 17.8 Å². The van der Waals surface area contributed by atoms with E-state index < -0.39 is 24.3 Å². The van der Waals surface area contributed by atoms with E-state index in [2.05, 4.69) is 25.9 Å². The molecule has 2 heterocycles. The van der Waals surface area contributed by atoms with Gasteiger partial charge in [0, 0.05) is 30.6 Å². The Morgan fingerprint density at radius 3 is 2.52 bits per heavy atom. The number of halogens is 2. The molecule has 0 saturated heterocycles. The number of benzene rings is 1. The number of carbonyl (C=O) groups is 1. The maximum atomic E-state index is 14.5. The molecule has 1 amide bonds. The van der Waals surface area contributed by atoms with Gasteiger partial charge in [0.25, 0.3) is 0 Å². The fourth-order valence-corrected chi connectivity index (χ4v) is 5.53. The fraction of sp³-hybridized carbons (Fsp3) is 0.556. The van der Waals surface area contributed by atoms with Gasteiger partial charge in [-0.3, -0.25) is 9.36 Å². The van der Waals surface area contributed by atoms with Crippen LogP contribution >= 0.6 is 0 Å². The maximum Gasteiger partial charge on any atom is 0.224 e. The predicted octanol–water partition coefficient (Wildman–Crippen LogP) is 2.76. The second-order valence-electron chi connectivity index (χ2n) is 10.7. The molecule has 2 fully saturated rings. The Bertz CT molecular complexity index is 1320. The first-order chi connectivity index (χ1) is 19.3. The van der Waals surface area contributed by atoms with Crippen LogP contribution in [0.25, 0.3) is 11.2 Å². The van der Waals surface area contributed by atoms with Gasteiger partial charge in [0.1, 0.15) is 17.2 Å². The molecule has 0 spiro atoms. The summed E-state index contributed by atoms with van der Waals surface area (Å²) in [5, 5.41) is 37.4. The first-order valence-electron chi connectivity index (χ1n) is 13.8. The van der Waals surface area contributed by atoms with Crippen LogP contribution in [0, 0.1) is 17.6 Å². The van der Waals surface area contributed by atoms with Crippen molar-refractivity contribution in [3.63, 3.8) is 0 Å². The van der Waals surface area contributed by atoms with Crippen molar-refractivity contribution in [1.29, 1.82) is 0 Å². The number of rotatable bonds is 9. The Labute approximate surface area is 230 Å². The number of nitrogens with zero attached hydrogens (tertiary/aromatic N) is 4. The van der Waals surface area contributed by atoms with Crippen molar-refractivity contribution in [2.24, 2.45) is 5.92 Å². The highest BCUT2D eigenvalue weighted by molar-refractivity contribution is 5.79. The minimum atomic E-state index is -1.00. The summed E-state index contributed by atoms with van der Waals surface area (Å²) in [5.74, 6) is -1.07. The van der Waals surface area contributed by atoms with E-state index >= 15 is 0 Å². The highest BCUT2D eigenvalue weighted by atomic mass is 19.1. The molecule has 5 rings (SSSR count). The molecule has 1 aromatic carbocycles. The Hall–Kier alpha value is -3.42. The molecule has 1 atom stereocenters. The summed E-state index contributed by atoms with van der Waals surface area (Å²) in [5.41, 5.74) is 1.13. The van der Waals surface area contributed by atoms with Crippen LogP contribution in [0.1, 0.15) is 57.4 Å². The Kier molecular flexibility index (Phi) is 8.72. The average Bonchev–Trinajstić information content (AvgIpc) is 3.31. The van der Waals surface area contributed by atoms with Crippen LogP contribution in [-0.4, -0.2) is 72.1 Å². The molecule has 13 heteroatoms. The van der Waals surface area contributed by atoms with Crippen molar-refractivity contribution >= 4 is 34.7 Å². The van der Waals surface area contributed by atoms with Gasteiger partial charge < -0.3 is 31.3 Å². The normalized spacial score (nSPS) is 24.0. The molecule has 0 unspecified atom stereocenters. The third-order valence-electron chi connectivity index (χ3n) is 7.80. The number of hydrogen-bond acceptors (Lipinski definition) is 9. The first kappa shape index (κ1) is 28.1. The lowest BCUT2D eigenvalue weighted by molar-refractivity contribution is -0.126. The number of aromatic nitrogens is 4. The Morgan fingerprint density at radius 1 is 1.07 bits per heavy atom. The highest BCUT2D eigenvalue weighted by Gasteiger charge is 2.30. The van der Waals surface area contributed by atoms with Gasteiger partial charge in [-0.1, -0.05) is 0 Å². The predicted molar refractivity (Wildman–Crippen MR) is 144 cm³/mol. The standard InChI is InChI=1S/C27H35F2N7O4/c28-16-3-10-22(21(29)11-16)33-27-34-23-13-31-26(32-17-4-8-19(38)9-5-17)35-24(23)36(27)18-6-1-15(2-7-18)25(40)30-12-20(39)14-37/h3,10-11,13,15,17-20,37-39H,1-2,4-9,12,14H2,(H,30,40)(H,33,34)(H,31,32,35)/t15?,17?,18?,19?,20-/m1/s1. The number of aliphatic hydroxyl groups is 3. The second-order valence-corrected chi connectivity index (χ2v) is 10.7. The monoisotopic (exact) mass is 559 g/mol. The van der Waals surface area contributed by atoms with Gasteiger partial charge in [0.05, 0.1) is 30.7 Å². The quantitative estimate of drug-likeness (QED) is 0.232. The lowest BCUT2D eigenvalue weighted by atomic mass is 9.85. The van der Waals surface area contributed by atoms with Gasteiger partial charge in [-0.2, -0.15) is 4.98 Å². The molecule has 2 saturated carbocycles. The van der Waals surface area contributed by atoms with E-state index in [-0.39, 0.29) is 42.2 Å². The van der Waals surface area contributed by atoms with Gasteiger partial charge in [-0.05, 0) is 63.5 Å². The summed E-state index contributed by atoms with van der Waals surface area (Å²) in [7, 11) is 0. The van der Waals surface area contributed by atoms with Crippen LogP contribution in [0.2, 0.25) is 0 Å². The van der Waals surface area contributed by atoms with Crippen molar-refractivity contribution < 1.29 is 28.9 Å². The van der Waals surface area contributed by atoms with E-state index in [1.54, 1.807) is 6.20 Å². The van der Waals surface area contributed by atoms with Crippen LogP contribution in [0.5, 0.6) is 0 Å². The van der Waals surface area contributed by atoms with E-state index in [0.717, 1.165) is 18.9 Å². The molecule has 3 aromatic rings. The van der Waals surface area contributed by atoms with Crippen LogP contribution < -0.4 is 16.0 Å². The molecular weight excluding hydrogens is 524 g/mol. The van der Waals surface area contributed by atoms with E-state index in [0.29, 0.717) is 61.6 Å². The maximum absolute atomic E-state index is 14.5. The van der Waals surface area contributed by atoms with Crippen molar-refractivity contribution in [2.75, 3.05) is 23.8 Å². The molecule has 11 nitrogen and oxygen atoms in total. The zero-order valence-electron chi connectivity index (χ0n) is 22.1. The number of nitrogens with one attached hydrogen (secondary N) is 3. The number of amides is 1. The number of carbonyl (C=O) groups excluding carboxylic acids is 1. The SMILES string of the molecule is O=C(NC[C@@H](O)CO)C1CCC(n2c(Nc3ccc(F)cc3F)nc3cnc(NC4CCC(O)CC4)nc32)CC1. The van der Waals surface area contributed by atoms with E-state index in [1.165, 1.54) is 12.1 Å². The van der Waals surface area contributed by atoms with Crippen LogP contribution in [0.15, 0.2) is 24.4 Å². The summed E-state index contributed by atoms with van der Waals surface area (Å²) in [6.45, 7) is -0.433. The molecule has 40 heavy (non-hydrogen) atoms. The zero-order chi connectivity index (χ0) is 28.2. The molecule has 6 N–H and O–H groups in total. The lowest BCUT2D eigenvalue weighted by Gasteiger charge is -2.30. The summed E-state index contributed by atoms with van der Waals surface area (Å²) in [4.78, 5) is 26.4. The van der Waals surface area contributed by atoms with Crippen molar-refractivity contribution in [3.8, 4) is 0 Å². The highest BCUT2D eigenvalue weighted by Crippen LogP contribution is 2.37. The largest absolute Gasteiger partial charge is 0.394 e. The van der Waals surface area contributed by atoms with Crippen LogP contribution in [-0.2, 0) is 4.79 Å². The molecule has 0 radical (unpaired) electrons. The number of hydrogen-bond donors (Lipinski definition) is 6. The van der Waals surface area contributed by atoms with E-state index in [1.807, 2.05) is 4.57 Å². The van der Waals surface area contributed by atoms with Gasteiger partial charge in [0.15, 0.2) is 5.65 Å². The number of fused-ring (bicyclic) bond motifs is 1. The van der Waals surface area contributed by atoms with Crippen LogP contribution in [0.3, 0.4) is 0 Å². The first-order valence-corrected chi connectivity index (χ1v) is 13.8. The Balaban J connectivity index is 1.39. The zero-order valence-corrected chi connectivity index (χ0v) is 22.1. The summed E-state index contributed by atoms with van der Waals surface area (Å²) in [6.07, 6.45) is 5.78. The fourth-order valence-electron chi connectivity index (χ4n) is 5.53. The number of anilines is 3. The van der Waals surface area contributed by atoms with Crippen LogP contribution in [0.4, 0.5) is 26.4 Å². The average molecular weight is 560 g/mol. The van der Waals surface area contributed by atoms with Gasteiger partial charge >= 0.3 is 0 Å². The smallest absolute Gasteiger partial charge is 0.224 e. The molecule has 0 bridgehead atoms.